The fourth-order valence-corrected chi connectivity index (χ4v) is 4.23. The lowest BCUT2D eigenvalue weighted by Gasteiger charge is -2.16. The van der Waals surface area contributed by atoms with Crippen molar-refractivity contribution in [3.63, 3.8) is 0 Å². The number of halogens is 1. The summed E-state index contributed by atoms with van der Waals surface area (Å²) in [5.41, 5.74) is 1.67. The molecule has 0 unspecified atom stereocenters. The summed E-state index contributed by atoms with van der Waals surface area (Å²) < 4.78 is 25.8. The molecule has 3 nitrogen and oxygen atoms in total. The molecular formula is C15H20ClNO2S. The first-order valence-corrected chi connectivity index (χ1v) is 9.23. The van der Waals surface area contributed by atoms with E-state index in [1.165, 1.54) is 0 Å². The first-order valence-electron chi connectivity index (χ1n) is 6.92. The molecule has 0 aliphatic heterocycles. The molecule has 2 rings (SSSR count). The van der Waals surface area contributed by atoms with E-state index in [1.54, 1.807) is 0 Å². The summed E-state index contributed by atoms with van der Waals surface area (Å²) in [6.45, 7) is 6.98. The van der Waals surface area contributed by atoms with Crippen LogP contribution in [0, 0.1) is 12.8 Å². The van der Waals surface area contributed by atoms with E-state index in [0.29, 0.717) is 11.3 Å². The highest BCUT2D eigenvalue weighted by atomic mass is 35.7. The number of benzene rings is 1. The zero-order valence-corrected chi connectivity index (χ0v) is 13.6. The quantitative estimate of drug-likeness (QED) is 0.771. The summed E-state index contributed by atoms with van der Waals surface area (Å²) in [7, 11) is 1.88. The highest BCUT2D eigenvalue weighted by Gasteiger charge is 2.23. The zero-order valence-electron chi connectivity index (χ0n) is 12.1. The summed E-state index contributed by atoms with van der Waals surface area (Å²) in [6, 6.07) is 7.54. The van der Waals surface area contributed by atoms with E-state index in [1.807, 2.05) is 31.2 Å². The predicted molar refractivity (Wildman–Crippen MR) is 83.8 cm³/mol. The Labute approximate surface area is 125 Å². The van der Waals surface area contributed by atoms with E-state index in [9.17, 15) is 8.42 Å². The van der Waals surface area contributed by atoms with E-state index < -0.39 is 9.05 Å². The van der Waals surface area contributed by atoms with Crippen LogP contribution in [-0.4, -0.2) is 13.0 Å². The Kier molecular flexibility index (Phi) is 4.45. The number of fused-ring (bicyclic) bond motifs is 1. The Balaban J connectivity index is 2.69. The standard InChI is InChI=1S/C15H20ClNO2S/c1-4-12(5-2)10-17-11(3)15(20(16,18)19)13-8-6-7-9-14(13)17/h6-9,12H,4-5,10H2,1-3H3. The Morgan fingerprint density at radius 3 is 2.35 bits per heavy atom. The number of rotatable bonds is 5. The van der Waals surface area contributed by atoms with Crippen molar-refractivity contribution in [2.45, 2.75) is 45.1 Å². The molecule has 2 aromatic rings. The van der Waals surface area contributed by atoms with Crippen molar-refractivity contribution in [2.24, 2.45) is 5.92 Å². The van der Waals surface area contributed by atoms with Crippen LogP contribution in [-0.2, 0) is 15.6 Å². The van der Waals surface area contributed by atoms with Crippen LogP contribution in [0.2, 0.25) is 0 Å². The second-order valence-electron chi connectivity index (χ2n) is 5.16. The van der Waals surface area contributed by atoms with Gasteiger partial charge in [-0.25, -0.2) is 8.42 Å². The minimum Gasteiger partial charge on any atom is -0.343 e. The molecule has 0 saturated carbocycles. The molecule has 0 aliphatic carbocycles. The van der Waals surface area contributed by atoms with E-state index in [2.05, 4.69) is 18.4 Å². The van der Waals surface area contributed by atoms with Crippen molar-refractivity contribution >= 4 is 30.6 Å². The third-order valence-electron chi connectivity index (χ3n) is 4.01. The maximum Gasteiger partial charge on any atom is 0.263 e. The molecule has 0 radical (unpaired) electrons. The molecule has 110 valence electrons. The molecule has 5 heteroatoms. The minimum atomic E-state index is -3.74. The van der Waals surface area contributed by atoms with Crippen molar-refractivity contribution in [3.8, 4) is 0 Å². The highest BCUT2D eigenvalue weighted by Crippen LogP contribution is 2.33. The van der Waals surface area contributed by atoms with Crippen molar-refractivity contribution in [3.05, 3.63) is 30.0 Å². The molecule has 0 saturated heterocycles. The van der Waals surface area contributed by atoms with Crippen LogP contribution in [0.5, 0.6) is 0 Å². The van der Waals surface area contributed by atoms with Crippen molar-refractivity contribution in [1.29, 1.82) is 0 Å². The molecule has 0 aliphatic rings. The second-order valence-corrected chi connectivity index (χ2v) is 7.67. The molecule has 1 heterocycles. The molecule has 0 amide bonds. The van der Waals surface area contributed by atoms with E-state index in [4.69, 9.17) is 10.7 Å². The second kappa shape index (κ2) is 5.78. The maximum absolute atomic E-state index is 11.9. The third-order valence-corrected chi connectivity index (χ3v) is 5.48. The molecule has 20 heavy (non-hydrogen) atoms. The molecule has 0 N–H and O–H groups in total. The molecule has 0 bridgehead atoms. The number of para-hydroxylation sites is 1. The molecule has 1 aromatic carbocycles. The minimum absolute atomic E-state index is 0.251. The van der Waals surface area contributed by atoms with Gasteiger partial charge >= 0.3 is 0 Å². The fourth-order valence-electron chi connectivity index (χ4n) is 2.75. The number of aromatic nitrogens is 1. The number of nitrogens with zero attached hydrogens (tertiary/aromatic N) is 1. The lowest BCUT2D eigenvalue weighted by molar-refractivity contribution is 0.420. The Bertz CT molecular complexity index is 715. The van der Waals surface area contributed by atoms with Crippen molar-refractivity contribution in [2.75, 3.05) is 0 Å². The summed E-state index contributed by atoms with van der Waals surface area (Å²) in [6.07, 6.45) is 2.15. The van der Waals surface area contributed by atoms with Gasteiger partial charge in [-0.2, -0.15) is 0 Å². The molecule has 1 aromatic heterocycles. The van der Waals surface area contributed by atoms with Crippen LogP contribution < -0.4 is 0 Å². The van der Waals surface area contributed by atoms with E-state index in [-0.39, 0.29) is 4.90 Å². The Hall–Kier alpha value is -1.00. The van der Waals surface area contributed by atoms with Crippen molar-refractivity contribution < 1.29 is 8.42 Å². The van der Waals surface area contributed by atoms with Crippen LogP contribution in [0.4, 0.5) is 0 Å². The van der Waals surface area contributed by atoms with Gasteiger partial charge in [0.2, 0.25) is 0 Å². The fraction of sp³-hybridized carbons (Fsp3) is 0.467. The van der Waals surface area contributed by atoms with Gasteiger partial charge in [0.05, 0.1) is 0 Å². The monoisotopic (exact) mass is 313 g/mol. The zero-order chi connectivity index (χ0) is 14.9. The average Bonchev–Trinajstić information content (AvgIpc) is 2.68. The van der Waals surface area contributed by atoms with Gasteiger partial charge in [0.1, 0.15) is 4.90 Å². The first-order chi connectivity index (χ1) is 9.40. The van der Waals surface area contributed by atoms with Crippen LogP contribution >= 0.6 is 10.7 Å². The van der Waals surface area contributed by atoms with Crippen LogP contribution in [0.15, 0.2) is 29.2 Å². The highest BCUT2D eigenvalue weighted by molar-refractivity contribution is 8.14. The first kappa shape index (κ1) is 15.4. The number of hydrogen-bond acceptors (Lipinski definition) is 2. The topological polar surface area (TPSA) is 39.1 Å². The van der Waals surface area contributed by atoms with Gasteiger partial charge in [-0.05, 0) is 18.9 Å². The summed E-state index contributed by atoms with van der Waals surface area (Å²) >= 11 is 0. The summed E-state index contributed by atoms with van der Waals surface area (Å²) in [4.78, 5) is 0.251. The molecule has 0 spiro atoms. The SMILES string of the molecule is CCC(CC)Cn1c(C)c(S(=O)(=O)Cl)c2ccccc21. The lowest BCUT2D eigenvalue weighted by Crippen LogP contribution is -2.10. The van der Waals surface area contributed by atoms with Gasteiger partial charge in [-0.1, -0.05) is 44.9 Å². The smallest absolute Gasteiger partial charge is 0.263 e. The lowest BCUT2D eigenvalue weighted by atomic mass is 10.0. The van der Waals surface area contributed by atoms with Crippen molar-refractivity contribution in [1.82, 2.24) is 4.57 Å². The summed E-state index contributed by atoms with van der Waals surface area (Å²) in [5.74, 6) is 0.537. The summed E-state index contributed by atoms with van der Waals surface area (Å²) in [5, 5.41) is 0.714. The van der Waals surface area contributed by atoms with Gasteiger partial charge in [0.25, 0.3) is 9.05 Å². The van der Waals surface area contributed by atoms with Gasteiger partial charge in [0, 0.05) is 33.8 Å². The van der Waals surface area contributed by atoms with Gasteiger partial charge in [0.15, 0.2) is 0 Å². The third kappa shape index (κ3) is 2.72. The number of hydrogen-bond donors (Lipinski definition) is 0. The molecule has 0 fully saturated rings. The van der Waals surface area contributed by atoms with Crippen LogP contribution in [0.3, 0.4) is 0 Å². The Morgan fingerprint density at radius 1 is 1.20 bits per heavy atom. The predicted octanol–water partition coefficient (Wildman–Crippen LogP) is 4.31. The van der Waals surface area contributed by atoms with Gasteiger partial charge in [-0.15, -0.1) is 0 Å². The molecule has 0 atom stereocenters. The average molecular weight is 314 g/mol. The van der Waals surface area contributed by atoms with E-state index in [0.717, 1.165) is 30.6 Å². The van der Waals surface area contributed by atoms with Gasteiger partial charge < -0.3 is 4.57 Å². The van der Waals surface area contributed by atoms with Crippen LogP contribution in [0.25, 0.3) is 10.9 Å². The van der Waals surface area contributed by atoms with Crippen LogP contribution in [0.1, 0.15) is 32.4 Å². The largest absolute Gasteiger partial charge is 0.343 e. The Morgan fingerprint density at radius 2 is 1.80 bits per heavy atom. The van der Waals surface area contributed by atoms with E-state index >= 15 is 0 Å². The normalized spacial score (nSPS) is 12.4. The molecular weight excluding hydrogens is 294 g/mol. The maximum atomic E-state index is 11.9. The van der Waals surface area contributed by atoms with Gasteiger partial charge in [-0.3, -0.25) is 0 Å².